The standard InChI is InChI=1S/C24H16Br2N4O5/c1-2-21-28-20-6-4-3-5-18(20)23(31)29(21)27-13-15-11-16(25)12-19(26)22(15)35-24(32)14-7-9-17(10-8-14)30(33)34/h3-13H,2H2,1H3. The van der Waals surface area contributed by atoms with Crippen molar-refractivity contribution in [2.45, 2.75) is 13.3 Å². The lowest BCUT2D eigenvalue weighted by molar-refractivity contribution is -0.384. The monoisotopic (exact) mass is 598 g/mol. The first-order chi connectivity index (χ1) is 16.8. The smallest absolute Gasteiger partial charge is 0.343 e. The first kappa shape index (κ1) is 24.4. The largest absolute Gasteiger partial charge is 0.421 e. The molecule has 9 nitrogen and oxygen atoms in total. The SMILES string of the molecule is CCc1nc2ccccc2c(=O)n1N=Cc1cc(Br)cc(Br)c1OC(=O)c1ccc([N+](=O)[O-])cc1. The molecule has 0 spiro atoms. The van der Waals surface area contributed by atoms with Gasteiger partial charge >= 0.3 is 5.97 Å². The topological polar surface area (TPSA) is 117 Å². The number of esters is 1. The lowest BCUT2D eigenvalue weighted by atomic mass is 10.2. The van der Waals surface area contributed by atoms with E-state index in [0.29, 0.717) is 37.7 Å². The summed E-state index contributed by atoms with van der Waals surface area (Å²) in [5.74, 6) is -0.0695. The van der Waals surface area contributed by atoms with Gasteiger partial charge in [-0.05, 0) is 52.3 Å². The number of halogens is 2. The number of fused-ring (bicyclic) bond motifs is 1. The normalized spacial score (nSPS) is 11.2. The van der Waals surface area contributed by atoms with Crippen molar-refractivity contribution in [3.05, 3.63) is 107 Å². The number of rotatable bonds is 6. The minimum absolute atomic E-state index is 0.136. The molecule has 4 rings (SSSR count). The van der Waals surface area contributed by atoms with Crippen LogP contribution in [0.25, 0.3) is 10.9 Å². The molecule has 1 aromatic heterocycles. The summed E-state index contributed by atoms with van der Waals surface area (Å²) in [6.45, 7) is 1.87. The maximum atomic E-state index is 13.0. The van der Waals surface area contributed by atoms with Crippen LogP contribution >= 0.6 is 31.9 Å². The van der Waals surface area contributed by atoms with Gasteiger partial charge in [0.05, 0.1) is 32.1 Å². The highest BCUT2D eigenvalue weighted by Gasteiger charge is 2.17. The minimum atomic E-state index is -0.712. The minimum Gasteiger partial charge on any atom is -0.421 e. The van der Waals surface area contributed by atoms with Gasteiger partial charge < -0.3 is 4.74 Å². The molecule has 0 aliphatic carbocycles. The van der Waals surface area contributed by atoms with Crippen molar-refractivity contribution < 1.29 is 14.5 Å². The molecule has 0 bridgehead atoms. The first-order valence-corrected chi connectivity index (χ1v) is 11.9. The van der Waals surface area contributed by atoms with Gasteiger partial charge in [0, 0.05) is 28.6 Å². The third kappa shape index (κ3) is 5.20. The van der Waals surface area contributed by atoms with Crippen molar-refractivity contribution >= 4 is 60.6 Å². The van der Waals surface area contributed by atoms with Crippen LogP contribution in [0.4, 0.5) is 5.69 Å². The molecule has 1 heterocycles. The van der Waals surface area contributed by atoms with E-state index in [4.69, 9.17) is 4.74 Å². The van der Waals surface area contributed by atoms with Crippen LogP contribution < -0.4 is 10.3 Å². The van der Waals surface area contributed by atoms with E-state index in [9.17, 15) is 19.7 Å². The zero-order chi connectivity index (χ0) is 25.1. The molecule has 0 radical (unpaired) electrons. The van der Waals surface area contributed by atoms with E-state index in [2.05, 4.69) is 41.9 Å². The Bertz CT molecular complexity index is 1550. The second-order valence-corrected chi connectivity index (χ2v) is 9.03. The Morgan fingerprint density at radius 1 is 1.17 bits per heavy atom. The average molecular weight is 600 g/mol. The number of non-ortho nitro benzene ring substituents is 1. The van der Waals surface area contributed by atoms with Crippen LogP contribution in [0, 0.1) is 10.1 Å². The Morgan fingerprint density at radius 2 is 1.89 bits per heavy atom. The molecule has 0 fully saturated rings. The van der Waals surface area contributed by atoms with Crippen LogP contribution in [0.3, 0.4) is 0 Å². The molecule has 176 valence electrons. The molecule has 0 aliphatic heterocycles. The van der Waals surface area contributed by atoms with Gasteiger partial charge in [-0.15, -0.1) is 0 Å². The van der Waals surface area contributed by atoms with Crippen LogP contribution in [0.15, 0.2) is 79.5 Å². The Kier molecular flexibility index (Phi) is 7.17. The molecular weight excluding hydrogens is 584 g/mol. The van der Waals surface area contributed by atoms with E-state index in [1.807, 2.05) is 13.0 Å². The van der Waals surface area contributed by atoms with Crippen molar-refractivity contribution in [2.24, 2.45) is 5.10 Å². The van der Waals surface area contributed by atoms with Crippen LogP contribution in [0.1, 0.15) is 28.7 Å². The van der Waals surface area contributed by atoms with Crippen molar-refractivity contribution in [1.29, 1.82) is 0 Å². The van der Waals surface area contributed by atoms with E-state index in [0.717, 1.165) is 0 Å². The Morgan fingerprint density at radius 3 is 2.57 bits per heavy atom. The number of nitrogens with zero attached hydrogens (tertiary/aromatic N) is 4. The zero-order valence-electron chi connectivity index (χ0n) is 18.1. The number of hydrogen-bond acceptors (Lipinski definition) is 7. The second-order valence-electron chi connectivity index (χ2n) is 7.26. The summed E-state index contributed by atoms with van der Waals surface area (Å²) in [4.78, 5) is 40.6. The molecular formula is C24H16Br2N4O5. The van der Waals surface area contributed by atoms with Gasteiger partial charge in [-0.3, -0.25) is 14.9 Å². The van der Waals surface area contributed by atoms with Crippen LogP contribution in [0.2, 0.25) is 0 Å². The third-order valence-corrected chi connectivity index (χ3v) is 6.04. The molecule has 35 heavy (non-hydrogen) atoms. The highest BCUT2D eigenvalue weighted by atomic mass is 79.9. The van der Waals surface area contributed by atoms with Crippen LogP contribution in [0.5, 0.6) is 5.75 Å². The van der Waals surface area contributed by atoms with E-state index >= 15 is 0 Å². The number of carbonyl (C=O) groups is 1. The van der Waals surface area contributed by atoms with E-state index in [1.54, 1.807) is 30.3 Å². The molecule has 4 aromatic rings. The molecule has 0 saturated heterocycles. The highest BCUT2D eigenvalue weighted by molar-refractivity contribution is 9.11. The molecule has 11 heteroatoms. The number of nitro groups is 1. The second kappa shape index (κ2) is 10.3. The highest BCUT2D eigenvalue weighted by Crippen LogP contribution is 2.33. The Balaban J connectivity index is 1.73. The first-order valence-electron chi connectivity index (χ1n) is 10.3. The van der Waals surface area contributed by atoms with Crippen molar-refractivity contribution in [3.8, 4) is 5.75 Å². The molecule has 0 saturated carbocycles. The average Bonchev–Trinajstić information content (AvgIpc) is 2.85. The number of carbonyl (C=O) groups excluding carboxylic acids is 1. The Hall–Kier alpha value is -3.70. The summed E-state index contributed by atoms with van der Waals surface area (Å²) in [7, 11) is 0. The van der Waals surface area contributed by atoms with E-state index in [1.165, 1.54) is 35.2 Å². The predicted octanol–water partition coefficient (Wildman–Crippen LogP) is 5.49. The Labute approximate surface area is 215 Å². The maximum absolute atomic E-state index is 13.0. The van der Waals surface area contributed by atoms with Gasteiger partial charge in [0.15, 0.2) is 5.75 Å². The maximum Gasteiger partial charge on any atom is 0.343 e. The lowest BCUT2D eigenvalue weighted by Gasteiger charge is -2.11. The number of aryl methyl sites for hydroxylation is 1. The van der Waals surface area contributed by atoms with Crippen LogP contribution in [-0.2, 0) is 6.42 Å². The number of aromatic nitrogens is 2. The fourth-order valence-electron chi connectivity index (χ4n) is 3.29. The summed E-state index contributed by atoms with van der Waals surface area (Å²) in [5.41, 5.74) is 0.673. The number of para-hydroxylation sites is 1. The van der Waals surface area contributed by atoms with Crippen molar-refractivity contribution in [3.63, 3.8) is 0 Å². The van der Waals surface area contributed by atoms with Gasteiger partial charge in [-0.1, -0.05) is 35.0 Å². The van der Waals surface area contributed by atoms with Crippen molar-refractivity contribution in [2.75, 3.05) is 0 Å². The lowest BCUT2D eigenvalue weighted by Crippen LogP contribution is -2.22. The fourth-order valence-corrected chi connectivity index (χ4v) is 4.63. The molecule has 0 atom stereocenters. The third-order valence-electron chi connectivity index (χ3n) is 5.00. The molecule has 0 unspecified atom stereocenters. The molecule has 3 aromatic carbocycles. The fraction of sp³-hybridized carbons (Fsp3) is 0.0833. The van der Waals surface area contributed by atoms with Gasteiger partial charge in [0.25, 0.3) is 11.2 Å². The number of hydrogen-bond donors (Lipinski definition) is 0. The summed E-state index contributed by atoms with van der Waals surface area (Å²) in [6, 6.07) is 15.5. The summed E-state index contributed by atoms with van der Waals surface area (Å²) >= 11 is 6.80. The zero-order valence-corrected chi connectivity index (χ0v) is 21.3. The number of benzene rings is 3. The molecule has 0 aliphatic rings. The van der Waals surface area contributed by atoms with Gasteiger partial charge in [0.1, 0.15) is 5.82 Å². The quantitative estimate of drug-likeness (QED) is 0.0950. The summed E-state index contributed by atoms with van der Waals surface area (Å²) < 4.78 is 7.96. The summed E-state index contributed by atoms with van der Waals surface area (Å²) in [6.07, 6.45) is 1.88. The van der Waals surface area contributed by atoms with E-state index in [-0.39, 0.29) is 22.6 Å². The summed E-state index contributed by atoms with van der Waals surface area (Å²) in [5, 5.41) is 15.7. The number of nitro benzene ring substituents is 1. The van der Waals surface area contributed by atoms with Gasteiger partial charge in [-0.2, -0.15) is 9.78 Å². The van der Waals surface area contributed by atoms with Gasteiger partial charge in [-0.25, -0.2) is 9.78 Å². The van der Waals surface area contributed by atoms with E-state index < -0.39 is 10.9 Å². The van der Waals surface area contributed by atoms with Gasteiger partial charge in [0.2, 0.25) is 0 Å². The van der Waals surface area contributed by atoms with Crippen molar-refractivity contribution in [1.82, 2.24) is 9.66 Å². The molecule has 0 N–H and O–H groups in total. The predicted molar refractivity (Wildman–Crippen MR) is 138 cm³/mol. The number of ether oxygens (including phenoxy) is 1. The van der Waals surface area contributed by atoms with Crippen LogP contribution in [-0.4, -0.2) is 26.8 Å². The molecule has 0 amide bonds.